The Morgan fingerprint density at radius 3 is 2.50 bits per heavy atom. The van der Waals surface area contributed by atoms with Gasteiger partial charge in [-0.3, -0.25) is 10.1 Å². The maximum atomic E-state index is 11.2. The van der Waals surface area contributed by atoms with Crippen molar-refractivity contribution < 1.29 is 9.72 Å². The van der Waals surface area contributed by atoms with Crippen molar-refractivity contribution in [3.8, 4) is 0 Å². The zero-order chi connectivity index (χ0) is 14.7. The lowest BCUT2D eigenvalue weighted by Gasteiger charge is -2.35. The molecule has 0 N–H and O–H groups in total. The lowest BCUT2D eigenvalue weighted by Crippen LogP contribution is -2.45. The molecule has 20 heavy (non-hydrogen) atoms. The zero-order valence-corrected chi connectivity index (χ0v) is 11.8. The van der Waals surface area contributed by atoms with E-state index < -0.39 is 10.8 Å². The van der Waals surface area contributed by atoms with Crippen LogP contribution in [0.4, 0.5) is 11.4 Å². The Morgan fingerprint density at radius 1 is 1.30 bits per heavy atom. The van der Waals surface area contributed by atoms with E-state index in [1.165, 1.54) is 6.07 Å². The number of nitro groups is 1. The number of hydrogen-bond donors (Lipinski definition) is 0. The minimum absolute atomic E-state index is 0.0287. The number of likely N-dealkylation sites (N-methyl/N-ethyl adjacent to an activating group) is 1. The second-order valence-corrected chi connectivity index (χ2v) is 5.18. The average molecular weight is 277 g/mol. The van der Waals surface area contributed by atoms with E-state index in [2.05, 4.69) is 16.8 Å². The molecular formula is C14H19N3O3. The second kappa shape index (κ2) is 6.00. The summed E-state index contributed by atoms with van der Waals surface area (Å²) < 4.78 is 0. The minimum atomic E-state index is -0.480. The lowest BCUT2D eigenvalue weighted by molar-refractivity contribution is -0.385. The summed E-state index contributed by atoms with van der Waals surface area (Å²) in [6.45, 7) is 5.16. The number of hydrogen-bond acceptors (Lipinski definition) is 5. The summed E-state index contributed by atoms with van der Waals surface area (Å²) in [6.07, 6.45) is 0.766. The van der Waals surface area contributed by atoms with Crippen LogP contribution in [0, 0.1) is 10.1 Å². The van der Waals surface area contributed by atoms with Gasteiger partial charge in [0, 0.05) is 43.9 Å². The van der Waals surface area contributed by atoms with Crippen molar-refractivity contribution in [3.05, 3.63) is 33.9 Å². The first-order valence-electron chi connectivity index (χ1n) is 6.70. The highest BCUT2D eigenvalue weighted by atomic mass is 16.6. The molecule has 0 aromatic heterocycles. The standard InChI is InChI=1S/C14H19N3O3/c1-11(10-18)14-12(4-3-5-13(14)17(19)20)16-8-6-15(2)7-9-16/h3-5,10-11H,6-9H2,1-2H3. The summed E-state index contributed by atoms with van der Waals surface area (Å²) in [5.41, 5.74) is 1.37. The van der Waals surface area contributed by atoms with Gasteiger partial charge < -0.3 is 14.6 Å². The predicted molar refractivity (Wildman–Crippen MR) is 77.3 cm³/mol. The van der Waals surface area contributed by atoms with Crippen LogP contribution in [0.3, 0.4) is 0 Å². The molecule has 1 saturated heterocycles. The molecule has 0 spiro atoms. The maximum Gasteiger partial charge on any atom is 0.275 e. The molecule has 0 saturated carbocycles. The van der Waals surface area contributed by atoms with Crippen LogP contribution in [-0.4, -0.2) is 49.3 Å². The largest absolute Gasteiger partial charge is 0.369 e. The Balaban J connectivity index is 2.43. The van der Waals surface area contributed by atoms with Gasteiger partial charge >= 0.3 is 0 Å². The van der Waals surface area contributed by atoms with Gasteiger partial charge in [-0.05, 0) is 13.1 Å². The van der Waals surface area contributed by atoms with Crippen molar-refractivity contribution in [2.45, 2.75) is 12.8 Å². The minimum Gasteiger partial charge on any atom is -0.369 e. The number of carbonyl (C=O) groups is 1. The molecule has 0 aliphatic carbocycles. The van der Waals surface area contributed by atoms with E-state index in [-0.39, 0.29) is 5.69 Å². The molecule has 1 aromatic carbocycles. The van der Waals surface area contributed by atoms with Crippen LogP contribution in [0.1, 0.15) is 18.4 Å². The molecule has 1 aliphatic rings. The van der Waals surface area contributed by atoms with Crippen LogP contribution in [0.5, 0.6) is 0 Å². The van der Waals surface area contributed by atoms with E-state index in [0.717, 1.165) is 38.2 Å². The van der Waals surface area contributed by atoms with Crippen LogP contribution >= 0.6 is 0 Å². The van der Waals surface area contributed by atoms with Gasteiger partial charge in [-0.15, -0.1) is 0 Å². The van der Waals surface area contributed by atoms with E-state index in [1.54, 1.807) is 13.0 Å². The van der Waals surface area contributed by atoms with Crippen molar-refractivity contribution in [2.24, 2.45) is 0 Å². The predicted octanol–water partition coefficient (Wildman–Crippen LogP) is 1.65. The van der Waals surface area contributed by atoms with Crippen molar-refractivity contribution >= 4 is 17.7 Å². The van der Waals surface area contributed by atoms with Crippen LogP contribution in [0.25, 0.3) is 0 Å². The van der Waals surface area contributed by atoms with E-state index in [0.29, 0.717) is 5.56 Å². The molecule has 1 aromatic rings. The molecule has 2 rings (SSSR count). The number of rotatable bonds is 4. The van der Waals surface area contributed by atoms with Gasteiger partial charge in [0.25, 0.3) is 5.69 Å². The van der Waals surface area contributed by atoms with Crippen LogP contribution < -0.4 is 4.90 Å². The normalized spacial score (nSPS) is 17.8. The fourth-order valence-corrected chi connectivity index (χ4v) is 2.56. The fourth-order valence-electron chi connectivity index (χ4n) is 2.56. The van der Waals surface area contributed by atoms with Crippen LogP contribution in [-0.2, 0) is 4.79 Å². The Kier molecular flexibility index (Phi) is 4.34. The summed E-state index contributed by atoms with van der Waals surface area (Å²) in [4.78, 5) is 26.2. The number of piperazine rings is 1. The van der Waals surface area contributed by atoms with E-state index in [4.69, 9.17) is 0 Å². The van der Waals surface area contributed by atoms with Gasteiger partial charge in [-0.25, -0.2) is 0 Å². The summed E-state index contributed by atoms with van der Waals surface area (Å²) in [5.74, 6) is -0.480. The molecule has 0 bridgehead atoms. The molecule has 1 heterocycles. The SMILES string of the molecule is CC(C=O)c1c(N2CCN(C)CC2)cccc1[N+](=O)[O-]. The number of aldehydes is 1. The molecule has 6 heteroatoms. The number of nitro benzene ring substituents is 1. The third-order valence-corrected chi connectivity index (χ3v) is 3.76. The topological polar surface area (TPSA) is 66.7 Å². The molecule has 0 radical (unpaired) electrons. The van der Waals surface area contributed by atoms with Gasteiger partial charge in [-0.2, -0.15) is 0 Å². The van der Waals surface area contributed by atoms with E-state index in [9.17, 15) is 14.9 Å². The van der Waals surface area contributed by atoms with Crippen LogP contribution in [0.2, 0.25) is 0 Å². The highest BCUT2D eigenvalue weighted by Crippen LogP contribution is 2.35. The first-order chi connectivity index (χ1) is 9.54. The van der Waals surface area contributed by atoms with Crippen molar-refractivity contribution in [2.75, 3.05) is 38.1 Å². The highest BCUT2D eigenvalue weighted by Gasteiger charge is 2.26. The monoisotopic (exact) mass is 277 g/mol. The first kappa shape index (κ1) is 14.5. The lowest BCUT2D eigenvalue weighted by atomic mass is 9.97. The van der Waals surface area contributed by atoms with E-state index in [1.807, 2.05) is 6.07 Å². The second-order valence-electron chi connectivity index (χ2n) is 5.18. The van der Waals surface area contributed by atoms with Gasteiger partial charge in [0.05, 0.1) is 10.5 Å². The van der Waals surface area contributed by atoms with Gasteiger partial charge in [-0.1, -0.05) is 13.0 Å². The molecule has 1 unspecified atom stereocenters. The number of nitrogens with zero attached hydrogens (tertiary/aromatic N) is 3. The third-order valence-electron chi connectivity index (χ3n) is 3.76. The Bertz CT molecular complexity index is 510. The summed E-state index contributed by atoms with van der Waals surface area (Å²) in [5, 5.41) is 11.2. The van der Waals surface area contributed by atoms with E-state index >= 15 is 0 Å². The zero-order valence-electron chi connectivity index (χ0n) is 11.8. The molecule has 1 fully saturated rings. The Hall–Kier alpha value is -1.95. The molecule has 1 aliphatic heterocycles. The third kappa shape index (κ3) is 2.80. The van der Waals surface area contributed by atoms with Gasteiger partial charge in [0.1, 0.15) is 6.29 Å². The maximum absolute atomic E-state index is 11.2. The van der Waals surface area contributed by atoms with Crippen molar-refractivity contribution in [3.63, 3.8) is 0 Å². The summed E-state index contributed by atoms with van der Waals surface area (Å²) >= 11 is 0. The van der Waals surface area contributed by atoms with Crippen LogP contribution in [0.15, 0.2) is 18.2 Å². The van der Waals surface area contributed by atoms with Gasteiger partial charge in [0.15, 0.2) is 0 Å². The number of benzene rings is 1. The number of carbonyl (C=O) groups excluding carboxylic acids is 1. The smallest absolute Gasteiger partial charge is 0.275 e. The molecular weight excluding hydrogens is 258 g/mol. The van der Waals surface area contributed by atoms with Crippen molar-refractivity contribution in [1.82, 2.24) is 4.90 Å². The van der Waals surface area contributed by atoms with Crippen molar-refractivity contribution in [1.29, 1.82) is 0 Å². The molecule has 6 nitrogen and oxygen atoms in total. The molecule has 1 atom stereocenters. The molecule has 0 amide bonds. The fraction of sp³-hybridized carbons (Fsp3) is 0.500. The van der Waals surface area contributed by atoms with Gasteiger partial charge in [0.2, 0.25) is 0 Å². The first-order valence-corrected chi connectivity index (χ1v) is 6.70. The average Bonchev–Trinajstić information content (AvgIpc) is 2.46. The summed E-state index contributed by atoms with van der Waals surface area (Å²) in [7, 11) is 2.06. The highest BCUT2D eigenvalue weighted by molar-refractivity contribution is 5.73. The summed E-state index contributed by atoms with van der Waals surface area (Å²) in [6, 6.07) is 5.02. The Labute approximate surface area is 118 Å². The molecule has 108 valence electrons. The number of anilines is 1. The quantitative estimate of drug-likeness (QED) is 0.475. The Morgan fingerprint density at radius 2 is 1.95 bits per heavy atom.